The quantitative estimate of drug-likeness (QED) is 0.476. The van der Waals surface area contributed by atoms with E-state index in [2.05, 4.69) is 0 Å². The van der Waals surface area contributed by atoms with Crippen molar-refractivity contribution in [1.82, 2.24) is 4.57 Å². The molecule has 1 aromatic heterocycles. The Bertz CT molecular complexity index is 1100. The molecule has 2 aliphatic rings. The number of methoxy groups -OCH3 is 1. The number of carboxylic acids is 1. The summed E-state index contributed by atoms with van der Waals surface area (Å²) in [5.74, 6) is -2.35. The number of aromatic nitrogens is 1. The minimum absolute atomic E-state index is 0.0290. The van der Waals surface area contributed by atoms with Crippen LogP contribution in [0.4, 0.5) is 15.8 Å². The Balaban J connectivity index is 2.00. The number of hydrogen-bond acceptors (Lipinski definition) is 7. The summed E-state index contributed by atoms with van der Waals surface area (Å²) in [4.78, 5) is 26.2. The van der Waals surface area contributed by atoms with Gasteiger partial charge in [0.25, 0.3) is 0 Å². The molecule has 2 heterocycles. The van der Waals surface area contributed by atoms with E-state index in [0.29, 0.717) is 19.5 Å². The van der Waals surface area contributed by atoms with E-state index in [1.54, 1.807) is 9.47 Å². The van der Waals surface area contributed by atoms with Gasteiger partial charge in [0.15, 0.2) is 11.6 Å². The van der Waals surface area contributed by atoms with Gasteiger partial charge in [0, 0.05) is 44.5 Å². The van der Waals surface area contributed by atoms with Gasteiger partial charge < -0.3 is 35.3 Å². The lowest BCUT2D eigenvalue weighted by atomic mass is 9.94. The molecule has 1 aliphatic carbocycles. The van der Waals surface area contributed by atoms with Gasteiger partial charge in [-0.05, 0) is 25.2 Å². The first-order valence-electron chi connectivity index (χ1n) is 10.3. The van der Waals surface area contributed by atoms with Crippen molar-refractivity contribution in [3.05, 3.63) is 27.8 Å². The molecule has 0 unspecified atom stereocenters. The molecule has 0 spiro atoms. The lowest BCUT2D eigenvalue weighted by Crippen LogP contribution is -2.25. The molecule has 4 rings (SSSR count). The van der Waals surface area contributed by atoms with Crippen molar-refractivity contribution in [2.24, 2.45) is 11.8 Å². The van der Waals surface area contributed by atoms with E-state index in [-0.39, 0.29) is 53.4 Å². The number of aliphatic hydroxyl groups is 2. The average Bonchev–Trinajstić information content (AvgIpc) is 3.50. The number of benzene rings is 1. The Kier molecular flexibility index (Phi) is 5.52. The fraction of sp³-hybridized carbons (Fsp3) is 0.524. The summed E-state index contributed by atoms with van der Waals surface area (Å²) in [5.41, 5.74) is 4.70. The first-order valence-corrected chi connectivity index (χ1v) is 10.3. The predicted octanol–water partition coefficient (Wildman–Crippen LogP) is 1.19. The minimum atomic E-state index is -1.40. The van der Waals surface area contributed by atoms with Gasteiger partial charge in [0.2, 0.25) is 5.43 Å². The van der Waals surface area contributed by atoms with Crippen molar-refractivity contribution in [2.45, 2.75) is 25.3 Å². The largest absolute Gasteiger partial charge is 0.492 e. The number of hydrogen-bond donors (Lipinski definition) is 4. The molecule has 31 heavy (non-hydrogen) atoms. The van der Waals surface area contributed by atoms with Crippen LogP contribution in [0.1, 0.15) is 35.7 Å². The summed E-state index contributed by atoms with van der Waals surface area (Å²) in [6.07, 6.45) is 3.33. The molecular weight excluding hydrogens is 409 g/mol. The van der Waals surface area contributed by atoms with E-state index in [1.807, 2.05) is 0 Å². The van der Waals surface area contributed by atoms with Gasteiger partial charge in [0.1, 0.15) is 11.3 Å². The Labute approximate surface area is 177 Å². The second-order valence-corrected chi connectivity index (χ2v) is 8.27. The number of carbonyl (C=O) groups is 1. The molecule has 2 aromatic rings. The Morgan fingerprint density at radius 2 is 1.97 bits per heavy atom. The van der Waals surface area contributed by atoms with Crippen LogP contribution in [0.2, 0.25) is 0 Å². The summed E-state index contributed by atoms with van der Waals surface area (Å²) in [5, 5.41) is 28.3. The molecule has 168 valence electrons. The van der Waals surface area contributed by atoms with E-state index in [4.69, 9.17) is 10.5 Å². The normalized spacial score (nSPS) is 21.1. The van der Waals surface area contributed by atoms with Crippen LogP contribution in [0.5, 0.6) is 5.75 Å². The number of fused-ring (bicyclic) bond motifs is 1. The molecule has 0 amide bonds. The third-order valence-electron chi connectivity index (χ3n) is 6.38. The van der Waals surface area contributed by atoms with Crippen LogP contribution in [0, 0.1) is 17.7 Å². The number of nitrogen functional groups attached to an aromatic ring is 1. The summed E-state index contributed by atoms with van der Waals surface area (Å²) in [6.45, 7) is 0.557. The number of rotatable bonds is 7. The SMILES string of the molecule is COc1c(N2C[C@@H](CCO)[C@@H](CO)C2)c(F)c(N)c2c(=O)c(C(=O)O)cn(C3CC3)c12. The molecular formula is C21H26FN3O6. The molecule has 1 saturated heterocycles. The number of anilines is 2. The van der Waals surface area contributed by atoms with Crippen molar-refractivity contribution in [1.29, 1.82) is 0 Å². The van der Waals surface area contributed by atoms with Gasteiger partial charge in [-0.1, -0.05) is 0 Å². The second kappa shape index (κ2) is 8.01. The Hall–Kier alpha value is -2.85. The maximum atomic E-state index is 15.6. The standard InChI is InChI=1S/C21H26FN3O6/c1-31-20-17-14(19(28)13(21(29)30)8-25(17)12-2-3-12)16(23)15(22)18(20)24-6-10(4-5-26)11(7-24)9-27/h8,10-12,26-27H,2-7,9,23H2,1H3,(H,29,30)/t10-,11-/m1/s1. The average molecular weight is 435 g/mol. The fourth-order valence-corrected chi connectivity index (χ4v) is 4.65. The molecule has 5 N–H and O–H groups in total. The summed E-state index contributed by atoms with van der Waals surface area (Å²) >= 11 is 0. The number of halogens is 1. The van der Waals surface area contributed by atoms with Gasteiger partial charge in [0.05, 0.1) is 23.7 Å². The smallest absolute Gasteiger partial charge is 0.341 e. The molecule has 1 aliphatic heterocycles. The first-order chi connectivity index (χ1) is 14.8. The lowest BCUT2D eigenvalue weighted by Gasteiger charge is -2.26. The maximum absolute atomic E-state index is 15.6. The summed E-state index contributed by atoms with van der Waals surface area (Å²) in [7, 11) is 1.37. The highest BCUT2D eigenvalue weighted by atomic mass is 19.1. The molecule has 0 radical (unpaired) electrons. The number of nitrogens with zero attached hydrogens (tertiary/aromatic N) is 2. The van der Waals surface area contributed by atoms with Gasteiger partial charge in [-0.25, -0.2) is 9.18 Å². The molecule has 0 bridgehead atoms. The van der Waals surface area contributed by atoms with Crippen LogP contribution in [0.3, 0.4) is 0 Å². The number of aromatic carboxylic acids is 1. The van der Waals surface area contributed by atoms with E-state index >= 15 is 4.39 Å². The number of ether oxygens (including phenoxy) is 1. The third-order valence-corrected chi connectivity index (χ3v) is 6.38. The van der Waals surface area contributed by atoms with Crippen molar-refractivity contribution in [2.75, 3.05) is 44.0 Å². The zero-order valence-electron chi connectivity index (χ0n) is 17.2. The highest BCUT2D eigenvalue weighted by Gasteiger charge is 2.38. The third kappa shape index (κ3) is 3.39. The first kappa shape index (κ1) is 21.4. The fourth-order valence-electron chi connectivity index (χ4n) is 4.65. The van der Waals surface area contributed by atoms with Crippen LogP contribution < -0.4 is 20.8 Å². The lowest BCUT2D eigenvalue weighted by molar-refractivity contribution is 0.0694. The topological polar surface area (TPSA) is 138 Å². The van der Waals surface area contributed by atoms with E-state index in [0.717, 1.165) is 12.8 Å². The van der Waals surface area contributed by atoms with E-state index in [1.165, 1.54) is 13.3 Å². The van der Waals surface area contributed by atoms with Gasteiger partial charge in [-0.15, -0.1) is 0 Å². The number of aliphatic hydroxyl groups excluding tert-OH is 2. The van der Waals surface area contributed by atoms with Gasteiger partial charge >= 0.3 is 5.97 Å². The van der Waals surface area contributed by atoms with E-state index in [9.17, 15) is 24.9 Å². The predicted molar refractivity (Wildman–Crippen MR) is 112 cm³/mol. The highest BCUT2D eigenvalue weighted by molar-refractivity contribution is 6.03. The van der Waals surface area contributed by atoms with E-state index < -0.39 is 28.5 Å². The van der Waals surface area contributed by atoms with Crippen molar-refractivity contribution in [3.63, 3.8) is 0 Å². The molecule has 1 aromatic carbocycles. The number of nitrogens with two attached hydrogens (primary N) is 1. The van der Waals surface area contributed by atoms with Crippen LogP contribution in [0.15, 0.2) is 11.0 Å². The van der Waals surface area contributed by atoms with Crippen LogP contribution in [0.25, 0.3) is 10.9 Å². The van der Waals surface area contributed by atoms with Crippen LogP contribution >= 0.6 is 0 Å². The molecule has 1 saturated carbocycles. The van der Waals surface area contributed by atoms with Crippen LogP contribution in [-0.4, -0.2) is 59.3 Å². The van der Waals surface area contributed by atoms with Crippen molar-refractivity contribution >= 4 is 28.2 Å². The van der Waals surface area contributed by atoms with Gasteiger partial charge in [-0.2, -0.15) is 0 Å². The second-order valence-electron chi connectivity index (χ2n) is 8.27. The summed E-state index contributed by atoms with van der Waals surface area (Å²) in [6, 6.07) is -0.0290. The zero-order valence-corrected chi connectivity index (χ0v) is 17.2. The number of carboxylic acid groups (broad SMARTS) is 1. The maximum Gasteiger partial charge on any atom is 0.341 e. The van der Waals surface area contributed by atoms with Crippen molar-refractivity contribution < 1.29 is 29.2 Å². The number of pyridine rings is 1. The van der Waals surface area contributed by atoms with Crippen LogP contribution in [-0.2, 0) is 0 Å². The minimum Gasteiger partial charge on any atom is -0.492 e. The molecule has 2 atom stereocenters. The monoisotopic (exact) mass is 435 g/mol. The van der Waals surface area contributed by atoms with Gasteiger partial charge in [-0.3, -0.25) is 4.79 Å². The Morgan fingerprint density at radius 3 is 2.52 bits per heavy atom. The highest BCUT2D eigenvalue weighted by Crippen LogP contribution is 2.47. The molecule has 10 heteroatoms. The Morgan fingerprint density at radius 1 is 1.29 bits per heavy atom. The zero-order chi connectivity index (χ0) is 22.4. The molecule has 2 fully saturated rings. The van der Waals surface area contributed by atoms with Crippen molar-refractivity contribution in [3.8, 4) is 5.75 Å². The molecule has 9 nitrogen and oxygen atoms in total. The summed E-state index contributed by atoms with van der Waals surface area (Å²) < 4.78 is 22.8.